The van der Waals surface area contributed by atoms with Crippen molar-refractivity contribution < 1.29 is 4.74 Å². The van der Waals surface area contributed by atoms with E-state index in [9.17, 15) is 0 Å². The van der Waals surface area contributed by atoms with E-state index < -0.39 is 5.72 Å². The van der Waals surface area contributed by atoms with Crippen molar-refractivity contribution in [3.05, 3.63) is 28.8 Å². The third-order valence-corrected chi connectivity index (χ3v) is 3.52. The summed E-state index contributed by atoms with van der Waals surface area (Å²) in [5.41, 5.74) is 0.579. The van der Waals surface area contributed by atoms with Crippen LogP contribution in [0.15, 0.2) is 18.2 Å². The number of ether oxygens (including phenoxy) is 1. The molecule has 2 heterocycles. The van der Waals surface area contributed by atoms with Gasteiger partial charge >= 0.3 is 0 Å². The Morgan fingerprint density at radius 2 is 2.38 bits per heavy atom. The van der Waals surface area contributed by atoms with Gasteiger partial charge in [-0.1, -0.05) is 17.7 Å². The highest BCUT2D eigenvalue weighted by Crippen LogP contribution is 2.43. The van der Waals surface area contributed by atoms with Crippen molar-refractivity contribution in [3.8, 4) is 5.75 Å². The number of rotatable bonds is 0. The standard InChI is InChI=1S/C11H11ClN2OS/c1-11-5-7(13-10(16)14-11)9-6(12)3-2-4-8(9)15-11/h2-4,7H,5H2,1H3,(H2,13,14,16). The molecule has 2 unspecified atom stereocenters. The summed E-state index contributed by atoms with van der Waals surface area (Å²) in [6.07, 6.45) is 0.809. The van der Waals surface area contributed by atoms with Gasteiger partial charge in [-0.3, -0.25) is 0 Å². The molecule has 1 aromatic carbocycles. The van der Waals surface area contributed by atoms with Gasteiger partial charge in [-0.25, -0.2) is 0 Å². The first kappa shape index (κ1) is 10.2. The van der Waals surface area contributed by atoms with E-state index in [-0.39, 0.29) is 6.04 Å². The Bertz CT molecular complexity index is 479. The lowest BCUT2D eigenvalue weighted by atomic mass is 9.92. The van der Waals surface area contributed by atoms with Crippen molar-refractivity contribution in [2.45, 2.75) is 25.1 Å². The SMILES string of the molecule is CC12CC(NC(=S)N1)c1c(Cl)cccc1O2. The van der Waals surface area contributed by atoms with Crippen LogP contribution in [0, 0.1) is 0 Å². The summed E-state index contributed by atoms with van der Waals surface area (Å²) in [7, 11) is 0. The number of benzene rings is 1. The summed E-state index contributed by atoms with van der Waals surface area (Å²) < 4.78 is 5.92. The smallest absolute Gasteiger partial charge is 0.181 e. The van der Waals surface area contributed by atoms with Gasteiger partial charge < -0.3 is 15.4 Å². The molecular weight excluding hydrogens is 244 g/mol. The molecule has 0 radical (unpaired) electrons. The summed E-state index contributed by atoms with van der Waals surface area (Å²) in [6.45, 7) is 2.00. The van der Waals surface area contributed by atoms with Crippen molar-refractivity contribution in [3.63, 3.8) is 0 Å². The zero-order chi connectivity index (χ0) is 11.3. The highest BCUT2D eigenvalue weighted by atomic mass is 35.5. The first-order valence-electron chi connectivity index (χ1n) is 5.13. The van der Waals surface area contributed by atoms with Crippen LogP contribution in [0.5, 0.6) is 5.75 Å². The molecule has 0 aliphatic carbocycles. The van der Waals surface area contributed by atoms with Crippen molar-refractivity contribution >= 4 is 28.9 Å². The Hall–Kier alpha value is -1.00. The molecule has 5 heteroatoms. The fourth-order valence-corrected chi connectivity index (χ4v) is 3.01. The minimum absolute atomic E-state index is 0.135. The van der Waals surface area contributed by atoms with Crippen LogP contribution in [0.25, 0.3) is 0 Å². The number of hydrogen-bond acceptors (Lipinski definition) is 2. The minimum Gasteiger partial charge on any atom is -0.468 e. The minimum atomic E-state index is -0.426. The molecule has 0 spiro atoms. The van der Waals surface area contributed by atoms with E-state index in [0.29, 0.717) is 5.11 Å². The maximum Gasteiger partial charge on any atom is 0.181 e. The average molecular weight is 255 g/mol. The monoisotopic (exact) mass is 254 g/mol. The molecule has 2 bridgehead atoms. The summed E-state index contributed by atoms with van der Waals surface area (Å²) in [5, 5.41) is 7.70. The van der Waals surface area contributed by atoms with E-state index >= 15 is 0 Å². The van der Waals surface area contributed by atoms with Crippen LogP contribution in [-0.2, 0) is 0 Å². The van der Waals surface area contributed by atoms with E-state index in [1.807, 2.05) is 25.1 Å². The predicted octanol–water partition coefficient (Wildman–Crippen LogP) is 2.36. The normalized spacial score (nSPS) is 30.9. The number of thiocarbonyl (C=S) groups is 1. The molecule has 3 nitrogen and oxygen atoms in total. The van der Waals surface area contributed by atoms with Gasteiger partial charge in [0.15, 0.2) is 10.8 Å². The zero-order valence-electron chi connectivity index (χ0n) is 8.71. The van der Waals surface area contributed by atoms with Gasteiger partial charge in [0.1, 0.15) is 5.75 Å². The largest absolute Gasteiger partial charge is 0.468 e. The maximum absolute atomic E-state index is 6.20. The number of hydrogen-bond donors (Lipinski definition) is 2. The van der Waals surface area contributed by atoms with E-state index in [4.69, 9.17) is 28.6 Å². The molecule has 1 aromatic rings. The van der Waals surface area contributed by atoms with Gasteiger partial charge in [-0.05, 0) is 31.3 Å². The molecule has 2 atom stereocenters. The summed E-state index contributed by atoms with van der Waals surface area (Å²) in [6, 6.07) is 5.84. The van der Waals surface area contributed by atoms with Crippen LogP contribution in [-0.4, -0.2) is 10.8 Å². The Morgan fingerprint density at radius 3 is 3.19 bits per heavy atom. The lowest BCUT2D eigenvalue weighted by Gasteiger charge is -2.45. The van der Waals surface area contributed by atoms with Crippen molar-refractivity contribution in [1.29, 1.82) is 0 Å². The van der Waals surface area contributed by atoms with Crippen LogP contribution in [0.2, 0.25) is 5.02 Å². The zero-order valence-corrected chi connectivity index (χ0v) is 10.3. The summed E-state index contributed by atoms with van der Waals surface area (Å²) in [5.74, 6) is 0.828. The number of nitrogens with one attached hydrogen (secondary N) is 2. The second-order valence-electron chi connectivity index (χ2n) is 4.34. The van der Waals surface area contributed by atoms with E-state index in [2.05, 4.69) is 10.6 Å². The fourth-order valence-electron chi connectivity index (χ4n) is 2.35. The average Bonchev–Trinajstić information content (AvgIpc) is 2.14. The van der Waals surface area contributed by atoms with Crippen LogP contribution in [0.4, 0.5) is 0 Å². The third kappa shape index (κ3) is 1.44. The first-order valence-corrected chi connectivity index (χ1v) is 5.92. The molecule has 2 N–H and O–H groups in total. The molecule has 16 heavy (non-hydrogen) atoms. The van der Waals surface area contributed by atoms with Gasteiger partial charge in [0.2, 0.25) is 0 Å². The lowest BCUT2D eigenvalue weighted by Crippen LogP contribution is -2.62. The quantitative estimate of drug-likeness (QED) is 0.697. The van der Waals surface area contributed by atoms with Crippen LogP contribution >= 0.6 is 23.8 Å². The van der Waals surface area contributed by atoms with Crippen molar-refractivity contribution in [2.75, 3.05) is 0 Å². The van der Waals surface area contributed by atoms with Crippen LogP contribution < -0.4 is 15.4 Å². The van der Waals surface area contributed by atoms with Crippen LogP contribution in [0.1, 0.15) is 24.9 Å². The molecule has 0 amide bonds. The molecule has 84 valence electrons. The van der Waals surface area contributed by atoms with E-state index in [1.54, 1.807) is 0 Å². The molecule has 1 saturated heterocycles. The highest BCUT2D eigenvalue weighted by molar-refractivity contribution is 7.80. The third-order valence-electron chi connectivity index (χ3n) is 2.97. The molecule has 0 aromatic heterocycles. The maximum atomic E-state index is 6.20. The summed E-state index contributed by atoms with van der Waals surface area (Å²) in [4.78, 5) is 0. The van der Waals surface area contributed by atoms with Gasteiger partial charge in [0, 0.05) is 17.0 Å². The first-order chi connectivity index (χ1) is 7.57. The predicted molar refractivity (Wildman–Crippen MR) is 66.7 cm³/mol. The van der Waals surface area contributed by atoms with Gasteiger partial charge in [0.05, 0.1) is 6.04 Å². The Morgan fingerprint density at radius 1 is 1.56 bits per heavy atom. The molecule has 1 fully saturated rings. The highest BCUT2D eigenvalue weighted by Gasteiger charge is 2.42. The Balaban J connectivity index is 2.14. The molecule has 2 aliphatic heterocycles. The fraction of sp³-hybridized carbons (Fsp3) is 0.364. The second kappa shape index (κ2) is 3.25. The number of halogens is 1. The van der Waals surface area contributed by atoms with E-state index in [0.717, 1.165) is 22.8 Å². The van der Waals surface area contributed by atoms with Crippen LogP contribution in [0.3, 0.4) is 0 Å². The van der Waals surface area contributed by atoms with Gasteiger partial charge in [0.25, 0.3) is 0 Å². The van der Waals surface area contributed by atoms with E-state index in [1.165, 1.54) is 0 Å². The van der Waals surface area contributed by atoms with Crippen molar-refractivity contribution in [2.24, 2.45) is 0 Å². The summed E-state index contributed by atoms with van der Waals surface area (Å²) >= 11 is 11.4. The molecule has 0 saturated carbocycles. The molecule has 2 aliphatic rings. The van der Waals surface area contributed by atoms with Crippen molar-refractivity contribution in [1.82, 2.24) is 10.6 Å². The molecular formula is C11H11ClN2OS. The lowest BCUT2D eigenvalue weighted by molar-refractivity contribution is 0.0251. The second-order valence-corrected chi connectivity index (χ2v) is 5.16. The molecule has 3 rings (SSSR count). The van der Waals surface area contributed by atoms with Gasteiger partial charge in [-0.15, -0.1) is 0 Å². The Labute approximate surface area is 104 Å². The topological polar surface area (TPSA) is 33.3 Å². The van der Waals surface area contributed by atoms with Gasteiger partial charge in [-0.2, -0.15) is 0 Å². The Kier molecular flexibility index (Phi) is 2.06. The number of fused-ring (bicyclic) bond motifs is 4.